The Bertz CT molecular complexity index is 264. The molecule has 2 rings (SSSR count). The SMILES string of the molecule is O=C(O)C1CCC(OC2C=CCCC2)CC1. The summed E-state index contributed by atoms with van der Waals surface area (Å²) in [4.78, 5) is 10.8. The van der Waals surface area contributed by atoms with Crippen LogP contribution in [-0.4, -0.2) is 23.3 Å². The molecule has 0 saturated heterocycles. The van der Waals surface area contributed by atoms with E-state index in [9.17, 15) is 4.79 Å². The normalized spacial score (nSPS) is 34.9. The van der Waals surface area contributed by atoms with Gasteiger partial charge in [-0.2, -0.15) is 0 Å². The summed E-state index contributed by atoms with van der Waals surface area (Å²) < 4.78 is 5.98. The summed E-state index contributed by atoms with van der Waals surface area (Å²) in [6.45, 7) is 0. The van der Waals surface area contributed by atoms with Gasteiger partial charge in [0, 0.05) is 0 Å². The van der Waals surface area contributed by atoms with Crippen LogP contribution in [0, 0.1) is 5.92 Å². The van der Waals surface area contributed by atoms with Crippen molar-refractivity contribution in [2.75, 3.05) is 0 Å². The lowest BCUT2D eigenvalue weighted by Crippen LogP contribution is -2.29. The largest absolute Gasteiger partial charge is 0.481 e. The number of allylic oxidation sites excluding steroid dienone is 1. The lowest BCUT2D eigenvalue weighted by atomic mass is 9.87. The Kier molecular flexibility index (Phi) is 3.99. The molecule has 0 aromatic heterocycles. The summed E-state index contributed by atoms with van der Waals surface area (Å²) in [5, 5.41) is 8.89. The van der Waals surface area contributed by atoms with Crippen LogP contribution in [0.2, 0.25) is 0 Å². The quantitative estimate of drug-likeness (QED) is 0.750. The zero-order valence-corrected chi connectivity index (χ0v) is 9.60. The first-order valence-electron chi connectivity index (χ1n) is 6.30. The number of rotatable bonds is 3. The Morgan fingerprint density at radius 2 is 1.94 bits per heavy atom. The number of hydrogen-bond donors (Lipinski definition) is 1. The predicted molar refractivity (Wildman–Crippen MR) is 61.2 cm³/mol. The maximum atomic E-state index is 10.8. The highest BCUT2D eigenvalue weighted by molar-refractivity contribution is 5.70. The lowest BCUT2D eigenvalue weighted by molar-refractivity contribution is -0.144. The molecule has 90 valence electrons. The van der Waals surface area contributed by atoms with Crippen LogP contribution in [0.4, 0.5) is 0 Å². The van der Waals surface area contributed by atoms with Crippen LogP contribution in [-0.2, 0) is 9.53 Å². The van der Waals surface area contributed by atoms with Crippen molar-refractivity contribution in [3.63, 3.8) is 0 Å². The van der Waals surface area contributed by atoms with Crippen molar-refractivity contribution in [2.24, 2.45) is 5.92 Å². The van der Waals surface area contributed by atoms with Gasteiger partial charge in [-0.1, -0.05) is 12.2 Å². The van der Waals surface area contributed by atoms with Gasteiger partial charge in [0.1, 0.15) is 0 Å². The van der Waals surface area contributed by atoms with Crippen LogP contribution in [0.1, 0.15) is 44.9 Å². The molecule has 0 bridgehead atoms. The summed E-state index contributed by atoms with van der Waals surface area (Å²) in [6, 6.07) is 0. The first-order chi connectivity index (χ1) is 7.75. The molecule has 3 heteroatoms. The molecule has 0 heterocycles. The molecular formula is C13H20O3. The number of carbonyl (C=O) groups is 1. The minimum atomic E-state index is -0.643. The molecule has 0 amide bonds. The van der Waals surface area contributed by atoms with Crippen molar-refractivity contribution in [3.05, 3.63) is 12.2 Å². The van der Waals surface area contributed by atoms with Gasteiger partial charge in [0.2, 0.25) is 0 Å². The first-order valence-corrected chi connectivity index (χ1v) is 6.30. The molecule has 1 N–H and O–H groups in total. The minimum Gasteiger partial charge on any atom is -0.481 e. The first kappa shape index (κ1) is 11.6. The van der Waals surface area contributed by atoms with Crippen molar-refractivity contribution in [3.8, 4) is 0 Å². The Hall–Kier alpha value is -0.830. The number of carboxylic acids is 1. The summed E-state index contributed by atoms with van der Waals surface area (Å²) >= 11 is 0. The molecular weight excluding hydrogens is 204 g/mol. The topological polar surface area (TPSA) is 46.5 Å². The van der Waals surface area contributed by atoms with E-state index in [-0.39, 0.29) is 18.1 Å². The lowest BCUT2D eigenvalue weighted by Gasteiger charge is -2.29. The highest BCUT2D eigenvalue weighted by Gasteiger charge is 2.27. The van der Waals surface area contributed by atoms with Crippen LogP contribution in [0.15, 0.2) is 12.2 Å². The molecule has 0 aromatic carbocycles. The number of hydrogen-bond acceptors (Lipinski definition) is 2. The van der Waals surface area contributed by atoms with Gasteiger partial charge in [-0.05, 0) is 44.9 Å². The third-order valence-corrected chi connectivity index (χ3v) is 3.60. The molecule has 1 saturated carbocycles. The summed E-state index contributed by atoms with van der Waals surface area (Å²) in [6.07, 6.45) is 11.8. The fourth-order valence-corrected chi connectivity index (χ4v) is 2.59. The molecule has 1 atom stereocenters. The zero-order valence-electron chi connectivity index (χ0n) is 9.60. The van der Waals surface area contributed by atoms with E-state index in [2.05, 4.69) is 12.2 Å². The fourth-order valence-electron chi connectivity index (χ4n) is 2.59. The Labute approximate surface area is 96.5 Å². The van der Waals surface area contributed by atoms with Crippen molar-refractivity contribution in [2.45, 2.75) is 57.2 Å². The molecule has 2 aliphatic carbocycles. The second-order valence-corrected chi connectivity index (χ2v) is 4.85. The van der Waals surface area contributed by atoms with E-state index in [1.54, 1.807) is 0 Å². The number of aliphatic carboxylic acids is 1. The standard InChI is InChI=1S/C13H20O3/c14-13(15)10-6-8-12(9-7-10)16-11-4-2-1-3-5-11/h2,4,10-12H,1,3,5-9H2,(H,14,15). The van der Waals surface area contributed by atoms with E-state index < -0.39 is 5.97 Å². The minimum absolute atomic E-state index is 0.137. The van der Waals surface area contributed by atoms with Crippen molar-refractivity contribution >= 4 is 5.97 Å². The molecule has 0 spiro atoms. The average Bonchev–Trinajstić information content (AvgIpc) is 2.31. The number of ether oxygens (including phenoxy) is 1. The molecule has 0 radical (unpaired) electrons. The van der Waals surface area contributed by atoms with E-state index in [1.807, 2.05) is 0 Å². The van der Waals surface area contributed by atoms with Crippen molar-refractivity contribution in [1.29, 1.82) is 0 Å². The smallest absolute Gasteiger partial charge is 0.306 e. The summed E-state index contributed by atoms with van der Waals surface area (Å²) in [7, 11) is 0. The molecule has 0 aromatic rings. The molecule has 2 aliphatic rings. The Morgan fingerprint density at radius 1 is 1.19 bits per heavy atom. The van der Waals surface area contributed by atoms with Gasteiger partial charge in [-0.3, -0.25) is 4.79 Å². The second kappa shape index (κ2) is 5.48. The van der Waals surface area contributed by atoms with Gasteiger partial charge < -0.3 is 9.84 Å². The van der Waals surface area contributed by atoms with Gasteiger partial charge in [0.05, 0.1) is 18.1 Å². The number of carboxylic acid groups (broad SMARTS) is 1. The van der Waals surface area contributed by atoms with Gasteiger partial charge in [0.15, 0.2) is 0 Å². The van der Waals surface area contributed by atoms with Crippen LogP contribution in [0.5, 0.6) is 0 Å². The molecule has 1 unspecified atom stereocenters. The van der Waals surface area contributed by atoms with E-state index in [0.29, 0.717) is 0 Å². The Balaban J connectivity index is 1.74. The summed E-state index contributed by atoms with van der Waals surface area (Å²) in [5.74, 6) is -0.780. The zero-order chi connectivity index (χ0) is 11.4. The van der Waals surface area contributed by atoms with Gasteiger partial charge in [-0.15, -0.1) is 0 Å². The monoisotopic (exact) mass is 224 g/mol. The third kappa shape index (κ3) is 3.08. The molecule has 3 nitrogen and oxygen atoms in total. The highest BCUT2D eigenvalue weighted by atomic mass is 16.5. The van der Waals surface area contributed by atoms with E-state index >= 15 is 0 Å². The Morgan fingerprint density at radius 3 is 2.50 bits per heavy atom. The molecule has 16 heavy (non-hydrogen) atoms. The van der Waals surface area contributed by atoms with E-state index in [4.69, 9.17) is 9.84 Å². The average molecular weight is 224 g/mol. The van der Waals surface area contributed by atoms with Crippen LogP contribution in [0.3, 0.4) is 0 Å². The van der Waals surface area contributed by atoms with Crippen LogP contribution < -0.4 is 0 Å². The highest BCUT2D eigenvalue weighted by Crippen LogP contribution is 2.28. The van der Waals surface area contributed by atoms with Crippen molar-refractivity contribution < 1.29 is 14.6 Å². The van der Waals surface area contributed by atoms with Crippen LogP contribution >= 0.6 is 0 Å². The van der Waals surface area contributed by atoms with E-state index in [0.717, 1.165) is 32.1 Å². The maximum Gasteiger partial charge on any atom is 0.306 e. The fraction of sp³-hybridized carbons (Fsp3) is 0.769. The maximum absolute atomic E-state index is 10.8. The third-order valence-electron chi connectivity index (χ3n) is 3.60. The van der Waals surface area contributed by atoms with E-state index in [1.165, 1.54) is 12.8 Å². The predicted octanol–water partition coefficient (Wildman–Crippen LogP) is 2.76. The molecule has 1 fully saturated rings. The van der Waals surface area contributed by atoms with Crippen molar-refractivity contribution in [1.82, 2.24) is 0 Å². The van der Waals surface area contributed by atoms with Gasteiger partial charge >= 0.3 is 5.97 Å². The molecule has 0 aliphatic heterocycles. The van der Waals surface area contributed by atoms with Gasteiger partial charge in [0.25, 0.3) is 0 Å². The van der Waals surface area contributed by atoms with Gasteiger partial charge in [-0.25, -0.2) is 0 Å². The second-order valence-electron chi connectivity index (χ2n) is 4.85. The summed E-state index contributed by atoms with van der Waals surface area (Å²) in [5.41, 5.74) is 0. The van der Waals surface area contributed by atoms with Crippen LogP contribution in [0.25, 0.3) is 0 Å².